The lowest BCUT2D eigenvalue weighted by atomic mass is 9.97. The standard InChI is InChI=1S/C14H24N4O3S/c1-16-14(19)18(12-5-3-4-6-12)13(15-16)11-7-9-17(10-8-11)22(2,20)21/h11-12H,3-10H2,1-2H3. The summed E-state index contributed by atoms with van der Waals surface area (Å²) in [6.45, 7) is 1.03. The van der Waals surface area contributed by atoms with Crippen LogP contribution >= 0.6 is 0 Å². The first-order valence-electron chi connectivity index (χ1n) is 7.98. The molecule has 1 aromatic heterocycles. The Morgan fingerprint density at radius 1 is 1.09 bits per heavy atom. The van der Waals surface area contributed by atoms with E-state index in [0.29, 0.717) is 13.1 Å². The maximum atomic E-state index is 12.4. The minimum atomic E-state index is -3.12. The van der Waals surface area contributed by atoms with Gasteiger partial charge < -0.3 is 0 Å². The van der Waals surface area contributed by atoms with Crippen LogP contribution in [0.15, 0.2) is 4.79 Å². The molecule has 3 rings (SSSR count). The van der Waals surface area contributed by atoms with E-state index in [-0.39, 0.29) is 17.6 Å². The molecule has 22 heavy (non-hydrogen) atoms. The summed E-state index contributed by atoms with van der Waals surface area (Å²) < 4.78 is 28.1. The first kappa shape index (κ1) is 15.7. The van der Waals surface area contributed by atoms with Crippen molar-refractivity contribution in [3.05, 3.63) is 16.3 Å². The number of hydrogen-bond acceptors (Lipinski definition) is 4. The van der Waals surface area contributed by atoms with Crippen LogP contribution in [0, 0.1) is 0 Å². The van der Waals surface area contributed by atoms with Crippen molar-refractivity contribution in [1.29, 1.82) is 0 Å². The molecule has 0 radical (unpaired) electrons. The van der Waals surface area contributed by atoms with E-state index in [0.717, 1.165) is 44.3 Å². The van der Waals surface area contributed by atoms with E-state index in [4.69, 9.17) is 0 Å². The van der Waals surface area contributed by atoms with Crippen LogP contribution in [-0.4, -0.2) is 46.4 Å². The maximum Gasteiger partial charge on any atom is 0.345 e. The number of aryl methyl sites for hydroxylation is 1. The number of nitrogens with zero attached hydrogens (tertiary/aromatic N) is 4. The van der Waals surface area contributed by atoms with Gasteiger partial charge >= 0.3 is 5.69 Å². The van der Waals surface area contributed by atoms with Crippen LogP contribution in [0.1, 0.15) is 56.3 Å². The molecule has 2 heterocycles. The summed E-state index contributed by atoms with van der Waals surface area (Å²) in [5.41, 5.74) is -0.0348. The Bertz CT molecular complexity index is 692. The third kappa shape index (κ3) is 2.86. The minimum Gasteiger partial charge on any atom is -0.276 e. The van der Waals surface area contributed by atoms with Crippen molar-refractivity contribution in [2.45, 2.75) is 50.5 Å². The van der Waals surface area contributed by atoms with Crippen LogP contribution in [0.5, 0.6) is 0 Å². The van der Waals surface area contributed by atoms with E-state index in [2.05, 4.69) is 5.10 Å². The van der Waals surface area contributed by atoms with Gasteiger partial charge in [-0.25, -0.2) is 22.2 Å². The topological polar surface area (TPSA) is 77.2 Å². The normalized spacial score (nSPS) is 22.5. The third-order valence-corrected chi connectivity index (χ3v) is 6.26. The van der Waals surface area contributed by atoms with E-state index >= 15 is 0 Å². The molecule has 8 heteroatoms. The van der Waals surface area contributed by atoms with Gasteiger partial charge in [-0.3, -0.25) is 4.57 Å². The minimum absolute atomic E-state index is 0.0348. The van der Waals surface area contributed by atoms with Crippen molar-refractivity contribution in [2.75, 3.05) is 19.3 Å². The van der Waals surface area contributed by atoms with Crippen LogP contribution in [0.2, 0.25) is 0 Å². The molecule has 1 aliphatic carbocycles. The van der Waals surface area contributed by atoms with E-state index in [1.807, 2.05) is 4.57 Å². The summed E-state index contributed by atoms with van der Waals surface area (Å²) in [6.07, 6.45) is 7.13. The van der Waals surface area contributed by atoms with Crippen LogP contribution in [0.3, 0.4) is 0 Å². The Balaban J connectivity index is 1.84. The summed E-state index contributed by atoms with van der Waals surface area (Å²) >= 11 is 0. The van der Waals surface area contributed by atoms with Gasteiger partial charge in [0.15, 0.2) is 0 Å². The molecule has 0 spiro atoms. The molecule has 2 fully saturated rings. The molecular formula is C14H24N4O3S. The Kier molecular flexibility index (Phi) is 4.15. The first-order chi connectivity index (χ1) is 10.4. The molecule has 7 nitrogen and oxygen atoms in total. The van der Waals surface area contributed by atoms with E-state index < -0.39 is 10.0 Å². The lowest BCUT2D eigenvalue weighted by molar-refractivity contribution is 0.306. The SMILES string of the molecule is Cn1nc(C2CCN(S(C)(=O)=O)CC2)n(C2CCCC2)c1=O. The van der Waals surface area contributed by atoms with Gasteiger partial charge in [0.25, 0.3) is 0 Å². The van der Waals surface area contributed by atoms with Crippen LogP contribution in [0.4, 0.5) is 0 Å². The Morgan fingerprint density at radius 2 is 1.68 bits per heavy atom. The fraction of sp³-hybridized carbons (Fsp3) is 0.857. The van der Waals surface area contributed by atoms with Crippen molar-refractivity contribution in [3.63, 3.8) is 0 Å². The molecule has 0 amide bonds. The molecule has 1 aromatic rings. The number of aromatic nitrogens is 3. The molecule has 1 aliphatic heterocycles. The fourth-order valence-electron chi connectivity index (χ4n) is 3.73. The zero-order valence-corrected chi connectivity index (χ0v) is 14.0. The third-order valence-electron chi connectivity index (χ3n) is 4.96. The molecule has 0 atom stereocenters. The van der Waals surface area contributed by atoms with Gasteiger partial charge in [-0.05, 0) is 25.7 Å². The number of piperidine rings is 1. The van der Waals surface area contributed by atoms with Gasteiger partial charge in [0.1, 0.15) is 5.82 Å². The maximum absolute atomic E-state index is 12.4. The van der Waals surface area contributed by atoms with Crippen molar-refractivity contribution >= 4 is 10.0 Å². The molecule has 0 bridgehead atoms. The van der Waals surface area contributed by atoms with Gasteiger partial charge in [0.05, 0.1) is 6.26 Å². The van der Waals surface area contributed by atoms with Gasteiger partial charge in [-0.1, -0.05) is 12.8 Å². The molecule has 124 valence electrons. The lowest BCUT2D eigenvalue weighted by Crippen LogP contribution is -2.38. The molecule has 2 aliphatic rings. The average Bonchev–Trinajstić information content (AvgIpc) is 3.07. The number of sulfonamides is 1. The van der Waals surface area contributed by atoms with Crippen molar-refractivity contribution in [1.82, 2.24) is 18.7 Å². The summed E-state index contributed by atoms with van der Waals surface area (Å²) in [6, 6.07) is 0.268. The highest BCUT2D eigenvalue weighted by molar-refractivity contribution is 7.88. The van der Waals surface area contributed by atoms with Crippen molar-refractivity contribution in [3.8, 4) is 0 Å². The number of rotatable bonds is 3. The predicted molar refractivity (Wildman–Crippen MR) is 83.4 cm³/mol. The second-order valence-electron chi connectivity index (χ2n) is 6.51. The molecule has 1 saturated carbocycles. The van der Waals surface area contributed by atoms with Crippen LogP contribution in [0.25, 0.3) is 0 Å². The second kappa shape index (κ2) is 5.81. The van der Waals surface area contributed by atoms with Crippen LogP contribution < -0.4 is 5.69 Å². The average molecular weight is 328 g/mol. The molecule has 0 unspecified atom stereocenters. The predicted octanol–water partition coefficient (Wildman–Crippen LogP) is 0.836. The summed E-state index contributed by atoms with van der Waals surface area (Å²) in [4.78, 5) is 12.4. The summed E-state index contributed by atoms with van der Waals surface area (Å²) in [7, 11) is -1.42. The number of hydrogen-bond donors (Lipinski definition) is 0. The molecule has 0 aromatic carbocycles. The van der Waals surface area contributed by atoms with Gasteiger partial charge in [-0.15, -0.1) is 0 Å². The Morgan fingerprint density at radius 3 is 2.23 bits per heavy atom. The quantitative estimate of drug-likeness (QED) is 0.824. The van der Waals surface area contributed by atoms with Crippen molar-refractivity contribution in [2.24, 2.45) is 7.05 Å². The van der Waals surface area contributed by atoms with Gasteiger partial charge in [0, 0.05) is 32.1 Å². The zero-order chi connectivity index (χ0) is 15.9. The summed E-state index contributed by atoms with van der Waals surface area (Å²) in [5.74, 6) is 1.03. The highest BCUT2D eigenvalue weighted by Crippen LogP contribution is 2.33. The monoisotopic (exact) mass is 328 g/mol. The van der Waals surface area contributed by atoms with E-state index in [1.165, 1.54) is 15.2 Å². The summed E-state index contributed by atoms with van der Waals surface area (Å²) in [5, 5.41) is 4.46. The van der Waals surface area contributed by atoms with E-state index in [1.54, 1.807) is 7.05 Å². The van der Waals surface area contributed by atoms with Gasteiger partial charge in [-0.2, -0.15) is 5.10 Å². The van der Waals surface area contributed by atoms with Crippen molar-refractivity contribution < 1.29 is 8.42 Å². The smallest absolute Gasteiger partial charge is 0.276 e. The fourth-order valence-corrected chi connectivity index (χ4v) is 4.60. The zero-order valence-electron chi connectivity index (χ0n) is 13.2. The molecule has 1 saturated heterocycles. The van der Waals surface area contributed by atoms with E-state index in [9.17, 15) is 13.2 Å². The molecule has 0 N–H and O–H groups in total. The lowest BCUT2D eigenvalue weighted by Gasteiger charge is -2.30. The van der Waals surface area contributed by atoms with Crippen LogP contribution in [-0.2, 0) is 17.1 Å². The van der Waals surface area contributed by atoms with Gasteiger partial charge in [0.2, 0.25) is 10.0 Å². The Hall–Kier alpha value is -1.15. The second-order valence-corrected chi connectivity index (χ2v) is 8.49. The Labute approximate surface area is 131 Å². The highest BCUT2D eigenvalue weighted by atomic mass is 32.2. The molecular weight excluding hydrogens is 304 g/mol. The highest BCUT2D eigenvalue weighted by Gasteiger charge is 2.32. The first-order valence-corrected chi connectivity index (χ1v) is 9.83. The largest absolute Gasteiger partial charge is 0.345 e.